The molecule has 0 aromatic heterocycles. The number of hydrogen-bond acceptors (Lipinski definition) is 2. The van der Waals surface area contributed by atoms with Crippen LogP contribution < -0.4 is 11.1 Å². The Hall–Kier alpha value is -1.00. The molecule has 1 rings (SSSR count). The standard InChI is InChI=1S/C12H18F2N2/c1-2-9(6-15)7-16-8-10-5-11(13)3-4-12(10)14/h3-5,9,16H,2,6-8,15H2,1H3. The summed E-state index contributed by atoms with van der Waals surface area (Å²) in [6, 6.07) is 3.48. The maximum atomic E-state index is 13.2. The Bertz CT molecular complexity index is 325. The monoisotopic (exact) mass is 228 g/mol. The molecular weight excluding hydrogens is 210 g/mol. The highest BCUT2D eigenvalue weighted by atomic mass is 19.1. The zero-order valence-electron chi connectivity index (χ0n) is 9.47. The molecule has 4 heteroatoms. The lowest BCUT2D eigenvalue weighted by atomic mass is 10.1. The summed E-state index contributed by atoms with van der Waals surface area (Å²) >= 11 is 0. The largest absolute Gasteiger partial charge is 0.330 e. The van der Waals surface area contributed by atoms with Gasteiger partial charge in [0.15, 0.2) is 0 Å². The van der Waals surface area contributed by atoms with Crippen molar-refractivity contribution in [1.29, 1.82) is 0 Å². The first kappa shape index (κ1) is 13.1. The lowest BCUT2D eigenvalue weighted by Gasteiger charge is -2.13. The highest BCUT2D eigenvalue weighted by molar-refractivity contribution is 5.18. The van der Waals surface area contributed by atoms with Crippen molar-refractivity contribution in [3.63, 3.8) is 0 Å². The van der Waals surface area contributed by atoms with Crippen LogP contribution in [0.25, 0.3) is 0 Å². The van der Waals surface area contributed by atoms with Crippen molar-refractivity contribution in [2.75, 3.05) is 13.1 Å². The van der Waals surface area contributed by atoms with Crippen molar-refractivity contribution in [3.05, 3.63) is 35.4 Å². The van der Waals surface area contributed by atoms with Crippen LogP contribution in [0.15, 0.2) is 18.2 Å². The summed E-state index contributed by atoms with van der Waals surface area (Å²) in [6.45, 7) is 3.72. The molecule has 0 saturated heterocycles. The summed E-state index contributed by atoms with van der Waals surface area (Å²) in [5.41, 5.74) is 5.90. The predicted octanol–water partition coefficient (Wildman–Crippen LogP) is 2.04. The Morgan fingerprint density at radius 3 is 2.75 bits per heavy atom. The molecule has 0 amide bonds. The lowest BCUT2D eigenvalue weighted by molar-refractivity contribution is 0.465. The summed E-state index contributed by atoms with van der Waals surface area (Å²) in [4.78, 5) is 0. The van der Waals surface area contributed by atoms with E-state index in [1.54, 1.807) is 0 Å². The molecule has 0 aliphatic rings. The maximum absolute atomic E-state index is 13.2. The van der Waals surface area contributed by atoms with Crippen LogP contribution in [0.5, 0.6) is 0 Å². The van der Waals surface area contributed by atoms with Crippen LogP contribution >= 0.6 is 0 Å². The number of rotatable bonds is 6. The van der Waals surface area contributed by atoms with Crippen molar-refractivity contribution < 1.29 is 8.78 Å². The number of nitrogens with one attached hydrogen (secondary N) is 1. The van der Waals surface area contributed by atoms with E-state index in [1.807, 2.05) is 0 Å². The van der Waals surface area contributed by atoms with E-state index in [0.717, 1.165) is 25.1 Å². The minimum atomic E-state index is -0.413. The zero-order chi connectivity index (χ0) is 12.0. The molecule has 0 bridgehead atoms. The van der Waals surface area contributed by atoms with Gasteiger partial charge in [-0.25, -0.2) is 8.78 Å². The lowest BCUT2D eigenvalue weighted by Crippen LogP contribution is -2.27. The van der Waals surface area contributed by atoms with E-state index < -0.39 is 5.82 Å². The van der Waals surface area contributed by atoms with Crippen LogP contribution in [0.4, 0.5) is 8.78 Å². The molecule has 0 spiro atoms. The molecule has 90 valence electrons. The molecule has 1 atom stereocenters. The van der Waals surface area contributed by atoms with Gasteiger partial charge >= 0.3 is 0 Å². The quantitative estimate of drug-likeness (QED) is 0.782. The van der Waals surface area contributed by atoms with Crippen molar-refractivity contribution in [1.82, 2.24) is 5.32 Å². The van der Waals surface area contributed by atoms with Crippen molar-refractivity contribution in [2.24, 2.45) is 11.7 Å². The minimum Gasteiger partial charge on any atom is -0.330 e. The van der Waals surface area contributed by atoms with E-state index in [0.29, 0.717) is 24.6 Å². The Morgan fingerprint density at radius 2 is 2.12 bits per heavy atom. The van der Waals surface area contributed by atoms with Gasteiger partial charge in [0.1, 0.15) is 11.6 Å². The van der Waals surface area contributed by atoms with Gasteiger partial charge in [0.2, 0.25) is 0 Å². The van der Waals surface area contributed by atoms with Gasteiger partial charge in [-0.3, -0.25) is 0 Å². The molecule has 0 aliphatic heterocycles. The van der Waals surface area contributed by atoms with Crippen molar-refractivity contribution >= 4 is 0 Å². The Kier molecular flexibility index (Phi) is 5.35. The first-order valence-corrected chi connectivity index (χ1v) is 5.52. The summed E-state index contributed by atoms with van der Waals surface area (Å²) < 4.78 is 26.1. The van der Waals surface area contributed by atoms with Crippen LogP contribution in [0.2, 0.25) is 0 Å². The second-order valence-corrected chi connectivity index (χ2v) is 3.88. The molecule has 3 N–H and O–H groups in total. The van der Waals surface area contributed by atoms with E-state index in [1.165, 1.54) is 6.07 Å². The molecule has 0 radical (unpaired) electrons. The molecule has 1 aromatic carbocycles. The number of nitrogens with two attached hydrogens (primary N) is 1. The highest BCUT2D eigenvalue weighted by Crippen LogP contribution is 2.09. The summed E-state index contributed by atoms with van der Waals surface area (Å²) in [6.07, 6.45) is 0.981. The first-order valence-electron chi connectivity index (χ1n) is 5.52. The first-order chi connectivity index (χ1) is 7.67. The third kappa shape index (κ3) is 3.87. The fourth-order valence-corrected chi connectivity index (χ4v) is 1.48. The third-order valence-corrected chi connectivity index (χ3v) is 2.67. The zero-order valence-corrected chi connectivity index (χ0v) is 9.47. The average molecular weight is 228 g/mol. The van der Waals surface area contributed by atoms with Gasteiger partial charge in [0, 0.05) is 12.1 Å². The molecular formula is C12H18F2N2. The molecule has 0 saturated carbocycles. The molecule has 1 unspecified atom stereocenters. The Balaban J connectivity index is 2.45. The van der Waals surface area contributed by atoms with Crippen LogP contribution in [-0.4, -0.2) is 13.1 Å². The fraction of sp³-hybridized carbons (Fsp3) is 0.500. The van der Waals surface area contributed by atoms with E-state index in [2.05, 4.69) is 12.2 Å². The normalized spacial score (nSPS) is 12.8. The van der Waals surface area contributed by atoms with Crippen molar-refractivity contribution in [3.8, 4) is 0 Å². The number of halogens is 2. The van der Waals surface area contributed by atoms with Crippen LogP contribution in [-0.2, 0) is 6.54 Å². The molecule has 1 aromatic rings. The second-order valence-electron chi connectivity index (χ2n) is 3.88. The SMILES string of the molecule is CCC(CN)CNCc1cc(F)ccc1F. The van der Waals surface area contributed by atoms with E-state index >= 15 is 0 Å². The molecule has 2 nitrogen and oxygen atoms in total. The molecule has 0 aliphatic carbocycles. The van der Waals surface area contributed by atoms with Crippen molar-refractivity contribution in [2.45, 2.75) is 19.9 Å². The molecule has 0 fully saturated rings. The third-order valence-electron chi connectivity index (χ3n) is 2.67. The number of benzene rings is 1. The Morgan fingerprint density at radius 1 is 1.38 bits per heavy atom. The Labute approximate surface area is 94.8 Å². The second kappa shape index (κ2) is 6.55. The highest BCUT2D eigenvalue weighted by Gasteiger charge is 2.06. The average Bonchev–Trinajstić information content (AvgIpc) is 2.29. The molecule has 16 heavy (non-hydrogen) atoms. The van der Waals surface area contributed by atoms with E-state index in [4.69, 9.17) is 5.73 Å². The van der Waals surface area contributed by atoms with Gasteiger partial charge in [-0.1, -0.05) is 13.3 Å². The maximum Gasteiger partial charge on any atom is 0.127 e. The minimum absolute atomic E-state index is 0.333. The smallest absolute Gasteiger partial charge is 0.127 e. The summed E-state index contributed by atoms with van der Waals surface area (Å²) in [7, 11) is 0. The fourth-order valence-electron chi connectivity index (χ4n) is 1.48. The van der Waals surface area contributed by atoms with Gasteiger partial charge in [0.25, 0.3) is 0 Å². The number of hydrogen-bond donors (Lipinski definition) is 2. The van der Waals surface area contributed by atoms with Crippen LogP contribution in [0.1, 0.15) is 18.9 Å². The van der Waals surface area contributed by atoms with E-state index in [9.17, 15) is 8.78 Å². The van der Waals surface area contributed by atoms with Crippen LogP contribution in [0.3, 0.4) is 0 Å². The van der Waals surface area contributed by atoms with Gasteiger partial charge in [0.05, 0.1) is 0 Å². The molecule has 0 heterocycles. The van der Waals surface area contributed by atoms with E-state index in [-0.39, 0.29) is 5.82 Å². The van der Waals surface area contributed by atoms with Gasteiger partial charge in [-0.2, -0.15) is 0 Å². The van der Waals surface area contributed by atoms with Gasteiger partial charge in [-0.15, -0.1) is 0 Å². The predicted molar refractivity (Wildman–Crippen MR) is 60.9 cm³/mol. The van der Waals surface area contributed by atoms with Gasteiger partial charge < -0.3 is 11.1 Å². The van der Waals surface area contributed by atoms with Gasteiger partial charge in [-0.05, 0) is 37.2 Å². The topological polar surface area (TPSA) is 38.0 Å². The summed E-state index contributed by atoms with van der Waals surface area (Å²) in [5.74, 6) is -0.407. The summed E-state index contributed by atoms with van der Waals surface area (Å²) in [5, 5.41) is 3.08. The van der Waals surface area contributed by atoms with Crippen LogP contribution in [0, 0.1) is 17.6 Å².